The van der Waals surface area contributed by atoms with Crippen molar-refractivity contribution in [1.29, 1.82) is 0 Å². The van der Waals surface area contributed by atoms with Gasteiger partial charge in [0.2, 0.25) is 5.91 Å². The molecule has 0 aliphatic rings. The molecule has 0 spiro atoms. The number of amides is 1. The third-order valence-corrected chi connectivity index (χ3v) is 6.73. The number of methoxy groups -OCH3 is 1. The smallest absolute Gasteiger partial charge is 0.341 e. The molecular formula is C22H26N4O4S2. The van der Waals surface area contributed by atoms with Gasteiger partial charge in [-0.25, -0.2) is 4.79 Å². The summed E-state index contributed by atoms with van der Waals surface area (Å²) in [6, 6.07) is 9.39. The number of thioether (sulfide) groups is 1. The van der Waals surface area contributed by atoms with Crippen molar-refractivity contribution in [2.75, 3.05) is 24.8 Å². The summed E-state index contributed by atoms with van der Waals surface area (Å²) in [5, 5.41) is 12.6. The molecule has 0 aliphatic heterocycles. The third-order valence-electron chi connectivity index (χ3n) is 4.57. The number of anilines is 1. The summed E-state index contributed by atoms with van der Waals surface area (Å²) in [7, 11) is 1.62. The zero-order valence-corrected chi connectivity index (χ0v) is 20.1. The highest BCUT2D eigenvalue weighted by molar-refractivity contribution is 7.99. The van der Waals surface area contributed by atoms with E-state index in [9.17, 15) is 9.59 Å². The van der Waals surface area contributed by atoms with Gasteiger partial charge in [-0.1, -0.05) is 30.8 Å². The number of nitrogens with zero attached hydrogens (tertiary/aromatic N) is 3. The Labute approximate surface area is 195 Å². The lowest BCUT2D eigenvalue weighted by atomic mass is 10.2. The Kier molecular flexibility index (Phi) is 8.29. The molecule has 0 bridgehead atoms. The fourth-order valence-corrected chi connectivity index (χ4v) is 4.82. The summed E-state index contributed by atoms with van der Waals surface area (Å²) in [6.07, 6.45) is 0.772. The number of hydrogen-bond acceptors (Lipinski definition) is 8. The van der Waals surface area contributed by atoms with Crippen molar-refractivity contribution in [2.24, 2.45) is 0 Å². The topological polar surface area (TPSA) is 95.3 Å². The standard InChI is InChI=1S/C22H26N4O4S2/c1-5-16-12-17(21(28)30-7-3)20(32-16)23-18(27)13-31-22-25-24-19(26(22)6-2)14-9-8-10-15(11-14)29-4/h8-12H,5-7,13H2,1-4H3,(H,23,27). The molecule has 0 saturated carbocycles. The van der Waals surface area contributed by atoms with Crippen molar-refractivity contribution in [2.45, 2.75) is 38.9 Å². The van der Waals surface area contributed by atoms with Crippen LogP contribution in [-0.2, 0) is 22.5 Å². The third kappa shape index (κ3) is 5.49. The first-order chi connectivity index (χ1) is 15.5. The van der Waals surface area contributed by atoms with Gasteiger partial charge in [0.25, 0.3) is 0 Å². The average Bonchev–Trinajstić information content (AvgIpc) is 3.41. The molecule has 3 aromatic rings. The number of esters is 1. The monoisotopic (exact) mass is 474 g/mol. The Morgan fingerprint density at radius 3 is 2.69 bits per heavy atom. The van der Waals surface area contributed by atoms with Crippen LogP contribution in [0.5, 0.6) is 5.75 Å². The summed E-state index contributed by atoms with van der Waals surface area (Å²) >= 11 is 2.69. The predicted molar refractivity (Wildman–Crippen MR) is 127 cm³/mol. The second kappa shape index (κ2) is 11.1. The van der Waals surface area contributed by atoms with Gasteiger partial charge >= 0.3 is 5.97 Å². The van der Waals surface area contributed by atoms with Crippen LogP contribution in [0.4, 0.5) is 5.00 Å². The predicted octanol–water partition coefficient (Wildman–Crippen LogP) is 4.51. The maximum absolute atomic E-state index is 12.6. The lowest BCUT2D eigenvalue weighted by molar-refractivity contribution is -0.113. The highest BCUT2D eigenvalue weighted by atomic mass is 32.2. The van der Waals surface area contributed by atoms with E-state index in [0.717, 1.165) is 22.6 Å². The van der Waals surface area contributed by atoms with E-state index in [0.29, 0.717) is 28.1 Å². The number of thiophene rings is 1. The highest BCUT2D eigenvalue weighted by Gasteiger charge is 2.20. The van der Waals surface area contributed by atoms with Gasteiger partial charge in [0.1, 0.15) is 10.8 Å². The Hall–Kier alpha value is -2.85. The SMILES string of the molecule is CCOC(=O)c1cc(CC)sc1NC(=O)CSc1nnc(-c2cccc(OC)c2)n1CC. The summed E-state index contributed by atoms with van der Waals surface area (Å²) in [5.74, 6) is 0.933. The van der Waals surface area contributed by atoms with Gasteiger partial charge in [0, 0.05) is 17.0 Å². The van der Waals surface area contributed by atoms with Crippen molar-refractivity contribution >= 4 is 40.0 Å². The Morgan fingerprint density at radius 2 is 2.00 bits per heavy atom. The van der Waals surface area contributed by atoms with E-state index in [-0.39, 0.29) is 18.3 Å². The van der Waals surface area contributed by atoms with Gasteiger partial charge in [-0.3, -0.25) is 4.79 Å². The number of aryl methyl sites for hydroxylation is 1. The molecule has 0 saturated heterocycles. The lowest BCUT2D eigenvalue weighted by Crippen LogP contribution is -2.16. The molecule has 2 heterocycles. The van der Waals surface area contributed by atoms with Crippen LogP contribution in [-0.4, -0.2) is 46.1 Å². The van der Waals surface area contributed by atoms with Crippen LogP contribution >= 0.6 is 23.1 Å². The fourth-order valence-electron chi connectivity index (χ4n) is 3.02. The second-order valence-corrected chi connectivity index (χ2v) is 8.73. The number of benzene rings is 1. The molecule has 10 heteroatoms. The van der Waals surface area contributed by atoms with Crippen molar-refractivity contribution < 1.29 is 19.1 Å². The molecule has 170 valence electrons. The Balaban J connectivity index is 1.71. The van der Waals surface area contributed by atoms with Crippen LogP contribution in [0.25, 0.3) is 11.4 Å². The minimum atomic E-state index is -0.430. The van der Waals surface area contributed by atoms with Crippen molar-refractivity contribution in [3.8, 4) is 17.1 Å². The minimum Gasteiger partial charge on any atom is -0.497 e. The summed E-state index contributed by atoms with van der Waals surface area (Å²) in [6.45, 7) is 6.69. The lowest BCUT2D eigenvalue weighted by Gasteiger charge is -2.09. The van der Waals surface area contributed by atoms with E-state index >= 15 is 0 Å². The maximum Gasteiger partial charge on any atom is 0.341 e. The fraction of sp³-hybridized carbons (Fsp3) is 0.364. The van der Waals surface area contributed by atoms with E-state index in [1.54, 1.807) is 20.1 Å². The zero-order valence-electron chi connectivity index (χ0n) is 18.5. The van der Waals surface area contributed by atoms with Gasteiger partial charge in [0.15, 0.2) is 11.0 Å². The molecule has 32 heavy (non-hydrogen) atoms. The largest absolute Gasteiger partial charge is 0.497 e. The number of ether oxygens (including phenoxy) is 2. The first kappa shape index (κ1) is 23.8. The molecule has 1 aromatic carbocycles. The molecule has 0 fully saturated rings. The first-order valence-electron chi connectivity index (χ1n) is 10.3. The van der Waals surface area contributed by atoms with Gasteiger partial charge in [-0.05, 0) is 38.5 Å². The molecule has 1 N–H and O–H groups in total. The number of rotatable bonds is 10. The Bertz CT molecular complexity index is 1090. The number of aromatic nitrogens is 3. The Morgan fingerprint density at radius 1 is 1.19 bits per heavy atom. The van der Waals surface area contributed by atoms with Crippen LogP contribution < -0.4 is 10.1 Å². The van der Waals surface area contributed by atoms with Crippen LogP contribution in [0.2, 0.25) is 0 Å². The number of nitrogens with one attached hydrogen (secondary N) is 1. The van der Waals surface area contributed by atoms with E-state index in [4.69, 9.17) is 9.47 Å². The van der Waals surface area contributed by atoms with Crippen LogP contribution in [0.1, 0.15) is 36.0 Å². The van der Waals surface area contributed by atoms with Gasteiger partial charge in [-0.15, -0.1) is 21.5 Å². The number of hydrogen-bond donors (Lipinski definition) is 1. The molecule has 8 nitrogen and oxygen atoms in total. The van der Waals surface area contributed by atoms with Gasteiger partial charge < -0.3 is 19.4 Å². The van der Waals surface area contributed by atoms with E-state index < -0.39 is 5.97 Å². The molecule has 2 aromatic heterocycles. The molecular weight excluding hydrogens is 448 g/mol. The highest BCUT2D eigenvalue weighted by Crippen LogP contribution is 2.30. The van der Waals surface area contributed by atoms with Gasteiger partial charge in [0.05, 0.1) is 25.0 Å². The zero-order chi connectivity index (χ0) is 23.1. The maximum atomic E-state index is 12.6. The van der Waals surface area contributed by atoms with Crippen LogP contribution in [0.3, 0.4) is 0 Å². The molecule has 0 radical (unpaired) electrons. The van der Waals surface area contributed by atoms with Crippen LogP contribution in [0.15, 0.2) is 35.5 Å². The van der Waals surface area contributed by atoms with E-state index in [2.05, 4.69) is 15.5 Å². The summed E-state index contributed by atoms with van der Waals surface area (Å²) in [5.41, 5.74) is 1.28. The summed E-state index contributed by atoms with van der Waals surface area (Å²) < 4.78 is 12.4. The minimum absolute atomic E-state index is 0.137. The molecule has 0 aliphatic carbocycles. The quantitative estimate of drug-likeness (QED) is 0.341. The molecule has 1 amide bonds. The van der Waals surface area contributed by atoms with Crippen molar-refractivity contribution in [1.82, 2.24) is 14.8 Å². The van der Waals surface area contributed by atoms with E-state index in [1.807, 2.05) is 42.7 Å². The molecule has 0 atom stereocenters. The molecule has 3 rings (SSSR count). The molecule has 0 unspecified atom stereocenters. The normalized spacial score (nSPS) is 10.8. The summed E-state index contributed by atoms with van der Waals surface area (Å²) in [4.78, 5) is 25.8. The van der Waals surface area contributed by atoms with Crippen LogP contribution in [0, 0.1) is 0 Å². The van der Waals surface area contributed by atoms with E-state index in [1.165, 1.54) is 23.1 Å². The first-order valence-corrected chi connectivity index (χ1v) is 12.1. The number of carbonyl (C=O) groups is 2. The van der Waals surface area contributed by atoms with Gasteiger partial charge in [-0.2, -0.15) is 0 Å². The average molecular weight is 475 g/mol. The second-order valence-electron chi connectivity index (χ2n) is 6.65. The van der Waals surface area contributed by atoms with Crippen molar-refractivity contribution in [3.63, 3.8) is 0 Å². The van der Waals surface area contributed by atoms with Crippen molar-refractivity contribution in [3.05, 3.63) is 40.8 Å². The number of carbonyl (C=O) groups excluding carboxylic acids is 2.